The van der Waals surface area contributed by atoms with Gasteiger partial charge in [-0.15, -0.1) is 0 Å². The van der Waals surface area contributed by atoms with E-state index in [9.17, 15) is 9.59 Å². The lowest BCUT2D eigenvalue weighted by Crippen LogP contribution is -2.19. The van der Waals surface area contributed by atoms with E-state index in [0.29, 0.717) is 16.6 Å². The zero-order valence-corrected chi connectivity index (χ0v) is 12.4. The summed E-state index contributed by atoms with van der Waals surface area (Å²) in [5.74, 6) is 0.210. The molecule has 0 aliphatic carbocycles. The molecule has 0 saturated heterocycles. The van der Waals surface area contributed by atoms with Crippen molar-refractivity contribution < 1.29 is 14.3 Å². The maximum absolute atomic E-state index is 11.7. The van der Waals surface area contributed by atoms with Gasteiger partial charge in [-0.2, -0.15) is 5.10 Å². The molecule has 2 rings (SSSR count). The highest BCUT2D eigenvalue weighted by Gasteiger charge is 2.06. The second kappa shape index (κ2) is 7.46. The molecule has 3 N–H and O–H groups in total. The number of ether oxygens (including phenoxy) is 1. The number of hydrogen-bond acceptors (Lipinski definition) is 4. The van der Waals surface area contributed by atoms with Crippen LogP contribution in [0.1, 0.15) is 6.42 Å². The normalized spacial score (nSPS) is 10.2. The molecule has 2 amide bonds. The number of amides is 2. The molecule has 0 unspecified atom stereocenters. The van der Waals surface area contributed by atoms with E-state index in [-0.39, 0.29) is 25.5 Å². The number of nitrogens with zero attached hydrogens (tertiary/aromatic N) is 2. The molecule has 0 fully saturated rings. The van der Waals surface area contributed by atoms with E-state index >= 15 is 0 Å². The molecule has 0 spiro atoms. The summed E-state index contributed by atoms with van der Waals surface area (Å²) in [6, 6.07) is 8.52. The average Bonchev–Trinajstić information content (AvgIpc) is 2.85. The molecule has 7 nitrogen and oxygen atoms in total. The molecule has 8 heteroatoms. The minimum Gasteiger partial charge on any atom is -0.493 e. The highest BCUT2D eigenvalue weighted by molar-refractivity contribution is 6.30. The number of rotatable bonds is 7. The topological polar surface area (TPSA) is 99.2 Å². The van der Waals surface area contributed by atoms with Gasteiger partial charge in [0.05, 0.1) is 13.0 Å². The van der Waals surface area contributed by atoms with Crippen molar-refractivity contribution in [2.45, 2.75) is 13.0 Å². The van der Waals surface area contributed by atoms with Crippen LogP contribution >= 0.6 is 11.6 Å². The maximum atomic E-state index is 11.7. The number of carbonyl (C=O) groups excluding carboxylic acids is 2. The number of nitrogens with two attached hydrogens (primary N) is 1. The van der Waals surface area contributed by atoms with Crippen LogP contribution in [0, 0.1) is 0 Å². The molecular weight excluding hydrogens is 308 g/mol. The number of hydrogen-bond donors (Lipinski definition) is 2. The monoisotopic (exact) mass is 322 g/mol. The molecule has 0 atom stereocenters. The molecule has 0 radical (unpaired) electrons. The average molecular weight is 323 g/mol. The van der Waals surface area contributed by atoms with Crippen LogP contribution in [-0.4, -0.2) is 28.2 Å². The van der Waals surface area contributed by atoms with Gasteiger partial charge in [0, 0.05) is 17.3 Å². The number of primary amides is 1. The van der Waals surface area contributed by atoms with Crippen LogP contribution in [0.2, 0.25) is 5.02 Å². The van der Waals surface area contributed by atoms with Crippen LogP contribution < -0.4 is 15.8 Å². The van der Waals surface area contributed by atoms with Gasteiger partial charge in [-0.05, 0) is 18.2 Å². The third kappa shape index (κ3) is 5.10. The summed E-state index contributed by atoms with van der Waals surface area (Å²) in [6.07, 6.45) is 1.72. The second-order valence-electron chi connectivity index (χ2n) is 4.47. The molecule has 1 aromatic carbocycles. The van der Waals surface area contributed by atoms with Gasteiger partial charge in [0.2, 0.25) is 11.8 Å². The van der Waals surface area contributed by atoms with E-state index in [1.165, 1.54) is 4.68 Å². The number of carbonyl (C=O) groups is 2. The van der Waals surface area contributed by atoms with Crippen molar-refractivity contribution in [1.82, 2.24) is 9.78 Å². The molecule has 0 aliphatic rings. The Morgan fingerprint density at radius 3 is 2.91 bits per heavy atom. The van der Waals surface area contributed by atoms with Gasteiger partial charge in [0.15, 0.2) is 5.82 Å². The number of nitrogens with one attached hydrogen (secondary N) is 1. The van der Waals surface area contributed by atoms with Gasteiger partial charge >= 0.3 is 0 Å². The third-order valence-corrected chi connectivity index (χ3v) is 2.86. The van der Waals surface area contributed by atoms with Crippen molar-refractivity contribution in [2.24, 2.45) is 5.73 Å². The fraction of sp³-hybridized carbons (Fsp3) is 0.214. The SMILES string of the molecule is NC(=O)Cn1ccc(NC(=O)CCOc2cccc(Cl)c2)n1. The zero-order valence-electron chi connectivity index (χ0n) is 11.7. The van der Waals surface area contributed by atoms with Crippen LogP contribution in [-0.2, 0) is 16.1 Å². The smallest absolute Gasteiger partial charge is 0.239 e. The fourth-order valence-electron chi connectivity index (χ4n) is 1.70. The first-order valence-corrected chi connectivity index (χ1v) is 6.91. The highest BCUT2D eigenvalue weighted by atomic mass is 35.5. The number of aromatic nitrogens is 2. The Bertz CT molecular complexity index is 672. The van der Waals surface area contributed by atoms with E-state index < -0.39 is 5.91 Å². The number of halogens is 1. The Kier molecular flexibility index (Phi) is 5.37. The summed E-state index contributed by atoms with van der Waals surface area (Å²) in [7, 11) is 0. The van der Waals surface area contributed by atoms with Gasteiger partial charge in [-0.1, -0.05) is 17.7 Å². The Morgan fingerprint density at radius 1 is 1.36 bits per heavy atom. The van der Waals surface area contributed by atoms with Gasteiger partial charge in [-0.25, -0.2) is 0 Å². The molecule has 1 heterocycles. The van der Waals surface area contributed by atoms with Crippen molar-refractivity contribution in [3.8, 4) is 5.75 Å². The summed E-state index contributed by atoms with van der Waals surface area (Å²) in [6.45, 7) is 0.182. The van der Waals surface area contributed by atoms with Gasteiger partial charge < -0.3 is 15.8 Å². The van der Waals surface area contributed by atoms with Gasteiger partial charge in [-0.3, -0.25) is 14.3 Å². The van der Waals surface area contributed by atoms with Crippen LogP contribution in [0.5, 0.6) is 5.75 Å². The van der Waals surface area contributed by atoms with E-state index in [2.05, 4.69) is 10.4 Å². The Morgan fingerprint density at radius 2 is 2.18 bits per heavy atom. The highest BCUT2D eigenvalue weighted by Crippen LogP contribution is 2.17. The maximum Gasteiger partial charge on any atom is 0.239 e. The van der Waals surface area contributed by atoms with Crippen molar-refractivity contribution >= 4 is 29.2 Å². The summed E-state index contributed by atoms with van der Waals surface area (Å²) in [4.78, 5) is 22.5. The first-order chi connectivity index (χ1) is 10.5. The van der Waals surface area contributed by atoms with Crippen LogP contribution in [0.15, 0.2) is 36.5 Å². The fourth-order valence-corrected chi connectivity index (χ4v) is 1.88. The largest absolute Gasteiger partial charge is 0.493 e. The second-order valence-corrected chi connectivity index (χ2v) is 4.91. The zero-order chi connectivity index (χ0) is 15.9. The quantitative estimate of drug-likeness (QED) is 0.805. The van der Waals surface area contributed by atoms with Crippen molar-refractivity contribution in [3.63, 3.8) is 0 Å². The first-order valence-electron chi connectivity index (χ1n) is 6.53. The first kappa shape index (κ1) is 15.8. The lowest BCUT2D eigenvalue weighted by molar-refractivity contribution is -0.118. The lowest BCUT2D eigenvalue weighted by atomic mass is 10.3. The molecule has 0 aliphatic heterocycles. The van der Waals surface area contributed by atoms with E-state index in [4.69, 9.17) is 22.1 Å². The minimum atomic E-state index is -0.504. The number of benzene rings is 1. The molecule has 2 aromatic rings. The summed E-state index contributed by atoms with van der Waals surface area (Å²) >= 11 is 5.83. The van der Waals surface area contributed by atoms with Gasteiger partial charge in [0.25, 0.3) is 0 Å². The lowest BCUT2D eigenvalue weighted by Gasteiger charge is -2.06. The van der Waals surface area contributed by atoms with Gasteiger partial charge in [0.1, 0.15) is 12.3 Å². The summed E-state index contributed by atoms with van der Waals surface area (Å²) < 4.78 is 6.77. The van der Waals surface area contributed by atoms with Crippen molar-refractivity contribution in [1.29, 1.82) is 0 Å². The third-order valence-electron chi connectivity index (χ3n) is 2.62. The standard InChI is InChI=1S/C14H15ClN4O3/c15-10-2-1-3-11(8-10)22-7-5-14(21)17-13-4-6-19(18-13)9-12(16)20/h1-4,6,8H,5,7,9H2,(H2,16,20)(H,17,18,21). The molecule has 1 aromatic heterocycles. The van der Waals surface area contributed by atoms with E-state index in [1.54, 1.807) is 36.5 Å². The summed E-state index contributed by atoms with van der Waals surface area (Å²) in [5, 5.41) is 7.17. The molecule has 22 heavy (non-hydrogen) atoms. The number of anilines is 1. The van der Waals surface area contributed by atoms with Crippen molar-refractivity contribution in [3.05, 3.63) is 41.6 Å². The molecule has 116 valence electrons. The van der Waals surface area contributed by atoms with E-state index in [0.717, 1.165) is 0 Å². The Labute approximate surface area is 132 Å². The predicted molar refractivity (Wildman–Crippen MR) is 81.6 cm³/mol. The molecule has 0 saturated carbocycles. The molecule has 0 bridgehead atoms. The van der Waals surface area contributed by atoms with Crippen LogP contribution in [0.25, 0.3) is 0 Å². The van der Waals surface area contributed by atoms with Crippen molar-refractivity contribution in [2.75, 3.05) is 11.9 Å². The Balaban J connectivity index is 1.76. The minimum absolute atomic E-state index is 0.0340. The van der Waals surface area contributed by atoms with Crippen LogP contribution in [0.3, 0.4) is 0 Å². The Hall–Kier alpha value is -2.54. The summed E-state index contributed by atoms with van der Waals surface area (Å²) in [5.41, 5.74) is 5.05. The predicted octanol–water partition coefficient (Wildman–Crippen LogP) is 1.43. The molecular formula is C14H15ClN4O3. The van der Waals surface area contributed by atoms with E-state index in [1.807, 2.05) is 0 Å². The van der Waals surface area contributed by atoms with Crippen LogP contribution in [0.4, 0.5) is 5.82 Å².